The van der Waals surface area contributed by atoms with Gasteiger partial charge in [-0.05, 0) is 37.1 Å². The summed E-state index contributed by atoms with van der Waals surface area (Å²) in [5.41, 5.74) is -0.0919. The van der Waals surface area contributed by atoms with Gasteiger partial charge in [0.2, 0.25) is 5.91 Å². The molecule has 0 saturated carbocycles. The summed E-state index contributed by atoms with van der Waals surface area (Å²) in [6, 6.07) is 7.69. The van der Waals surface area contributed by atoms with E-state index in [1.165, 1.54) is 4.90 Å². The Balaban J connectivity index is 1.49. The highest BCUT2D eigenvalue weighted by Gasteiger charge is 2.51. The fourth-order valence-corrected chi connectivity index (χ4v) is 4.21. The summed E-state index contributed by atoms with van der Waals surface area (Å²) >= 11 is 0. The first-order valence-electron chi connectivity index (χ1n) is 9.46. The van der Waals surface area contributed by atoms with Crippen molar-refractivity contribution in [2.45, 2.75) is 19.4 Å². The molecule has 1 atom stereocenters. The summed E-state index contributed by atoms with van der Waals surface area (Å²) in [5, 5.41) is 0. The van der Waals surface area contributed by atoms with Crippen LogP contribution in [0.25, 0.3) is 0 Å². The predicted molar refractivity (Wildman–Crippen MR) is 100 cm³/mol. The Morgan fingerprint density at radius 2 is 2.00 bits per heavy atom. The molecule has 2 saturated heterocycles. The van der Waals surface area contributed by atoms with Crippen LogP contribution in [0.2, 0.25) is 0 Å². The van der Waals surface area contributed by atoms with Crippen LogP contribution in [-0.4, -0.2) is 53.3 Å². The molecule has 152 valence electrons. The van der Waals surface area contributed by atoms with Crippen molar-refractivity contribution >= 4 is 11.8 Å². The maximum atomic E-state index is 14.5. The van der Waals surface area contributed by atoms with E-state index in [1.807, 2.05) is 18.2 Å². The van der Waals surface area contributed by atoms with Gasteiger partial charge in [-0.15, -0.1) is 0 Å². The molecule has 1 aromatic carbocycles. The maximum Gasteiger partial charge on any atom is 0.257 e. The molecule has 0 radical (unpaired) electrons. The number of hydrogen-bond donors (Lipinski definition) is 0. The van der Waals surface area contributed by atoms with E-state index in [0.717, 1.165) is 24.9 Å². The van der Waals surface area contributed by atoms with E-state index in [4.69, 9.17) is 4.74 Å². The number of ether oxygens (including phenoxy) is 1. The highest BCUT2D eigenvalue weighted by Crippen LogP contribution is 2.41. The Morgan fingerprint density at radius 1 is 1.21 bits per heavy atom. The monoisotopic (exact) mass is 401 g/mol. The SMILES string of the molecule is COc1c(F)ccc(C(=O)N2CCC3(CCN(Cc4ccccn4)C3=O)C2)c1F. The molecule has 2 aliphatic heterocycles. The van der Waals surface area contributed by atoms with Crippen molar-refractivity contribution < 1.29 is 23.1 Å². The number of pyridine rings is 1. The second-order valence-electron chi connectivity index (χ2n) is 7.50. The molecule has 29 heavy (non-hydrogen) atoms. The zero-order valence-electron chi connectivity index (χ0n) is 16.0. The van der Waals surface area contributed by atoms with Gasteiger partial charge in [-0.25, -0.2) is 8.78 Å². The number of hydrogen-bond acceptors (Lipinski definition) is 4. The lowest BCUT2D eigenvalue weighted by atomic mass is 9.85. The highest BCUT2D eigenvalue weighted by atomic mass is 19.1. The number of rotatable bonds is 4. The molecule has 0 aliphatic carbocycles. The van der Waals surface area contributed by atoms with Crippen LogP contribution in [0.15, 0.2) is 36.5 Å². The molecule has 2 aromatic rings. The molecule has 3 heterocycles. The second kappa shape index (κ2) is 7.42. The number of nitrogens with zero attached hydrogens (tertiary/aromatic N) is 3. The van der Waals surface area contributed by atoms with Gasteiger partial charge in [0.15, 0.2) is 17.4 Å². The van der Waals surface area contributed by atoms with Crippen LogP contribution in [0.3, 0.4) is 0 Å². The van der Waals surface area contributed by atoms with Crippen molar-refractivity contribution in [3.05, 3.63) is 59.4 Å². The molecule has 1 unspecified atom stereocenters. The number of likely N-dealkylation sites (tertiary alicyclic amines) is 2. The molecular formula is C21H21F2N3O3. The summed E-state index contributed by atoms with van der Waals surface area (Å²) in [4.78, 5) is 33.4. The van der Waals surface area contributed by atoms with E-state index in [2.05, 4.69) is 4.98 Å². The number of carbonyl (C=O) groups excluding carboxylic acids is 2. The van der Waals surface area contributed by atoms with Crippen molar-refractivity contribution in [1.82, 2.24) is 14.8 Å². The fraction of sp³-hybridized carbons (Fsp3) is 0.381. The van der Waals surface area contributed by atoms with Crippen LogP contribution in [0.1, 0.15) is 28.9 Å². The average molecular weight is 401 g/mol. The molecule has 4 rings (SSSR count). The predicted octanol–water partition coefficient (Wildman–Crippen LogP) is 2.63. The van der Waals surface area contributed by atoms with Gasteiger partial charge >= 0.3 is 0 Å². The van der Waals surface area contributed by atoms with E-state index >= 15 is 0 Å². The fourth-order valence-electron chi connectivity index (χ4n) is 4.21. The van der Waals surface area contributed by atoms with Gasteiger partial charge in [-0.3, -0.25) is 14.6 Å². The van der Waals surface area contributed by atoms with Gasteiger partial charge < -0.3 is 14.5 Å². The molecule has 1 aromatic heterocycles. The first kappa shape index (κ1) is 19.3. The first-order chi connectivity index (χ1) is 13.9. The molecular weight excluding hydrogens is 380 g/mol. The van der Waals surface area contributed by atoms with Gasteiger partial charge in [0, 0.05) is 25.8 Å². The lowest BCUT2D eigenvalue weighted by Gasteiger charge is -2.24. The van der Waals surface area contributed by atoms with Gasteiger partial charge in [0.25, 0.3) is 5.91 Å². The lowest BCUT2D eigenvalue weighted by molar-refractivity contribution is -0.135. The zero-order chi connectivity index (χ0) is 20.6. The number of carbonyl (C=O) groups is 2. The zero-order valence-corrected chi connectivity index (χ0v) is 16.0. The average Bonchev–Trinajstić information content (AvgIpc) is 3.29. The van der Waals surface area contributed by atoms with Crippen molar-refractivity contribution in [2.24, 2.45) is 5.41 Å². The van der Waals surface area contributed by atoms with Crippen LogP contribution >= 0.6 is 0 Å². The quantitative estimate of drug-likeness (QED) is 0.790. The number of amides is 2. The van der Waals surface area contributed by atoms with Crippen molar-refractivity contribution in [3.63, 3.8) is 0 Å². The van der Waals surface area contributed by atoms with E-state index in [1.54, 1.807) is 11.1 Å². The number of methoxy groups -OCH3 is 1. The van der Waals surface area contributed by atoms with Gasteiger partial charge in [0.05, 0.1) is 30.3 Å². The molecule has 8 heteroatoms. The molecule has 2 aliphatic rings. The smallest absolute Gasteiger partial charge is 0.257 e. The van der Waals surface area contributed by atoms with E-state index in [-0.39, 0.29) is 18.0 Å². The minimum absolute atomic E-state index is 0.00406. The normalized spacial score (nSPS) is 21.3. The van der Waals surface area contributed by atoms with E-state index in [9.17, 15) is 18.4 Å². The topological polar surface area (TPSA) is 62.7 Å². The second-order valence-corrected chi connectivity index (χ2v) is 7.50. The standard InChI is InChI=1S/C21H21F2N3O3/c1-29-18-16(22)6-5-15(17(18)23)19(27)26-11-8-21(13-26)7-10-25(20(21)28)12-14-4-2-3-9-24-14/h2-6,9H,7-8,10-13H2,1H3. The summed E-state index contributed by atoms with van der Waals surface area (Å²) in [6.45, 7) is 1.60. The lowest BCUT2D eigenvalue weighted by Crippen LogP contribution is -2.38. The van der Waals surface area contributed by atoms with Gasteiger partial charge in [0.1, 0.15) is 0 Å². The first-order valence-corrected chi connectivity index (χ1v) is 9.46. The molecule has 6 nitrogen and oxygen atoms in total. The van der Waals surface area contributed by atoms with Gasteiger partial charge in [-0.1, -0.05) is 6.07 Å². The van der Waals surface area contributed by atoms with Crippen LogP contribution in [0.4, 0.5) is 8.78 Å². The summed E-state index contributed by atoms with van der Waals surface area (Å²) < 4.78 is 32.9. The molecule has 2 amide bonds. The van der Waals surface area contributed by atoms with E-state index in [0.29, 0.717) is 32.5 Å². The molecule has 0 N–H and O–H groups in total. The molecule has 2 fully saturated rings. The van der Waals surface area contributed by atoms with Crippen molar-refractivity contribution in [3.8, 4) is 5.75 Å². The Kier molecular flexibility index (Phi) is 4.94. The minimum Gasteiger partial charge on any atom is -0.491 e. The van der Waals surface area contributed by atoms with Crippen LogP contribution < -0.4 is 4.74 Å². The highest BCUT2D eigenvalue weighted by molar-refractivity contribution is 5.96. The number of benzene rings is 1. The Morgan fingerprint density at radius 3 is 2.72 bits per heavy atom. The van der Waals surface area contributed by atoms with Crippen molar-refractivity contribution in [2.75, 3.05) is 26.7 Å². The van der Waals surface area contributed by atoms with Crippen LogP contribution in [0.5, 0.6) is 5.75 Å². The Hall–Kier alpha value is -3.03. The third kappa shape index (κ3) is 3.32. The molecule has 0 bridgehead atoms. The van der Waals surface area contributed by atoms with Crippen LogP contribution in [-0.2, 0) is 11.3 Å². The maximum absolute atomic E-state index is 14.5. The minimum atomic E-state index is -1.02. The summed E-state index contributed by atoms with van der Waals surface area (Å²) in [6.07, 6.45) is 2.85. The number of halogens is 2. The third-order valence-electron chi connectivity index (χ3n) is 5.80. The Bertz CT molecular complexity index is 954. The largest absolute Gasteiger partial charge is 0.491 e. The Labute approximate surface area is 167 Å². The molecule has 1 spiro atoms. The number of aromatic nitrogens is 1. The summed E-state index contributed by atoms with van der Waals surface area (Å²) in [5.74, 6) is -3.03. The van der Waals surface area contributed by atoms with Crippen molar-refractivity contribution in [1.29, 1.82) is 0 Å². The third-order valence-corrected chi connectivity index (χ3v) is 5.80. The van der Waals surface area contributed by atoms with Gasteiger partial charge in [-0.2, -0.15) is 0 Å². The van der Waals surface area contributed by atoms with Crippen LogP contribution in [0, 0.1) is 17.0 Å². The summed E-state index contributed by atoms with van der Waals surface area (Å²) in [7, 11) is 1.15. The van der Waals surface area contributed by atoms with E-state index < -0.39 is 28.7 Å².